The molecule has 0 aliphatic carbocycles. The van der Waals surface area contributed by atoms with Crippen molar-refractivity contribution < 1.29 is 8.42 Å². The number of thiophene rings is 1. The van der Waals surface area contributed by atoms with Crippen molar-refractivity contribution in [1.29, 1.82) is 0 Å². The SMILES string of the molecule is CN1CCN(S(=O)(=O)c2cccs2)C[C@H]1c1ncc[nH]1. The third kappa shape index (κ3) is 2.39. The fourth-order valence-corrected chi connectivity index (χ4v) is 4.94. The summed E-state index contributed by atoms with van der Waals surface area (Å²) in [6.45, 7) is 1.62. The third-order valence-electron chi connectivity index (χ3n) is 3.53. The van der Waals surface area contributed by atoms with Crippen molar-refractivity contribution in [2.24, 2.45) is 0 Å². The molecule has 8 heteroatoms. The summed E-state index contributed by atoms with van der Waals surface area (Å²) in [5.41, 5.74) is 0. The second-order valence-corrected chi connectivity index (χ2v) is 7.88. The summed E-state index contributed by atoms with van der Waals surface area (Å²) >= 11 is 1.26. The van der Waals surface area contributed by atoms with Gasteiger partial charge in [-0.15, -0.1) is 11.3 Å². The van der Waals surface area contributed by atoms with Gasteiger partial charge in [0.2, 0.25) is 0 Å². The van der Waals surface area contributed by atoms with Crippen molar-refractivity contribution in [3.05, 3.63) is 35.7 Å². The van der Waals surface area contributed by atoms with Crippen LogP contribution in [0.3, 0.4) is 0 Å². The molecule has 6 nitrogen and oxygen atoms in total. The summed E-state index contributed by atoms with van der Waals surface area (Å²) in [6, 6.07) is 3.38. The van der Waals surface area contributed by atoms with E-state index in [0.29, 0.717) is 23.8 Å². The van der Waals surface area contributed by atoms with Gasteiger partial charge in [0, 0.05) is 32.0 Å². The number of piperazine rings is 1. The van der Waals surface area contributed by atoms with E-state index in [2.05, 4.69) is 14.9 Å². The quantitative estimate of drug-likeness (QED) is 0.923. The molecule has 0 saturated carbocycles. The number of likely N-dealkylation sites (N-methyl/N-ethyl adjacent to an activating group) is 1. The van der Waals surface area contributed by atoms with Gasteiger partial charge >= 0.3 is 0 Å². The Labute approximate surface area is 122 Å². The summed E-state index contributed by atoms with van der Waals surface area (Å²) in [5, 5.41) is 1.78. The van der Waals surface area contributed by atoms with Gasteiger partial charge < -0.3 is 4.98 Å². The van der Waals surface area contributed by atoms with Crippen LogP contribution in [0.5, 0.6) is 0 Å². The molecule has 108 valence electrons. The zero-order valence-electron chi connectivity index (χ0n) is 11.1. The highest BCUT2D eigenvalue weighted by Crippen LogP contribution is 2.27. The largest absolute Gasteiger partial charge is 0.347 e. The number of hydrogen-bond donors (Lipinski definition) is 1. The topological polar surface area (TPSA) is 69.3 Å². The zero-order valence-corrected chi connectivity index (χ0v) is 12.7. The van der Waals surface area contributed by atoms with E-state index < -0.39 is 10.0 Å². The number of nitrogens with zero attached hydrogens (tertiary/aromatic N) is 3. The highest BCUT2D eigenvalue weighted by Gasteiger charge is 2.34. The lowest BCUT2D eigenvalue weighted by molar-refractivity contribution is 0.143. The van der Waals surface area contributed by atoms with E-state index >= 15 is 0 Å². The Bertz CT molecular complexity index is 652. The maximum atomic E-state index is 12.6. The average molecular weight is 312 g/mol. The molecule has 0 amide bonds. The Balaban J connectivity index is 1.86. The van der Waals surface area contributed by atoms with Crippen LogP contribution in [-0.4, -0.2) is 54.3 Å². The first-order valence-corrected chi connectivity index (χ1v) is 8.64. The van der Waals surface area contributed by atoms with E-state index in [-0.39, 0.29) is 6.04 Å². The number of sulfonamides is 1. The maximum absolute atomic E-state index is 12.6. The second kappa shape index (κ2) is 5.28. The number of H-pyrrole nitrogens is 1. The Morgan fingerprint density at radius 1 is 1.45 bits per heavy atom. The average Bonchev–Trinajstić information content (AvgIpc) is 3.12. The van der Waals surface area contributed by atoms with Gasteiger partial charge in [-0.1, -0.05) is 6.07 Å². The van der Waals surface area contributed by atoms with E-state index in [1.807, 2.05) is 7.05 Å². The zero-order chi connectivity index (χ0) is 14.2. The molecule has 1 N–H and O–H groups in total. The molecule has 1 fully saturated rings. The monoisotopic (exact) mass is 312 g/mol. The molecule has 3 rings (SSSR count). The van der Waals surface area contributed by atoms with E-state index in [4.69, 9.17) is 0 Å². The smallest absolute Gasteiger partial charge is 0.252 e. The van der Waals surface area contributed by atoms with Crippen molar-refractivity contribution in [2.75, 3.05) is 26.7 Å². The van der Waals surface area contributed by atoms with Crippen LogP contribution < -0.4 is 0 Å². The number of aromatic amines is 1. The molecule has 2 aromatic rings. The molecular weight excluding hydrogens is 296 g/mol. The maximum Gasteiger partial charge on any atom is 0.252 e. The molecule has 2 aromatic heterocycles. The van der Waals surface area contributed by atoms with Gasteiger partial charge in [-0.2, -0.15) is 4.31 Å². The second-order valence-electron chi connectivity index (χ2n) is 4.77. The molecule has 1 saturated heterocycles. The lowest BCUT2D eigenvalue weighted by Gasteiger charge is -2.37. The number of rotatable bonds is 3. The standard InChI is InChI=1S/C12H16N4O2S2/c1-15-6-7-16(9-10(15)12-13-4-5-14-12)20(17,18)11-3-2-8-19-11/h2-5,8,10H,6-7,9H2,1H3,(H,13,14)/t10-/m0/s1. The van der Waals surface area contributed by atoms with Gasteiger partial charge in [0.05, 0.1) is 6.04 Å². The first kappa shape index (κ1) is 13.7. The Morgan fingerprint density at radius 2 is 2.30 bits per heavy atom. The van der Waals surface area contributed by atoms with Crippen molar-refractivity contribution >= 4 is 21.4 Å². The molecule has 0 radical (unpaired) electrons. The molecule has 0 unspecified atom stereocenters. The predicted molar refractivity (Wildman–Crippen MR) is 77.0 cm³/mol. The molecule has 3 heterocycles. The van der Waals surface area contributed by atoms with Crippen LogP contribution in [0, 0.1) is 0 Å². The van der Waals surface area contributed by atoms with Gasteiger partial charge in [0.25, 0.3) is 10.0 Å². The van der Waals surface area contributed by atoms with E-state index in [1.165, 1.54) is 11.3 Å². The molecule has 0 aromatic carbocycles. The molecule has 1 aliphatic heterocycles. The first-order chi connectivity index (χ1) is 9.59. The number of aromatic nitrogens is 2. The molecule has 0 spiro atoms. The molecular formula is C12H16N4O2S2. The van der Waals surface area contributed by atoms with Gasteiger partial charge in [0.15, 0.2) is 0 Å². The van der Waals surface area contributed by atoms with Crippen LogP contribution in [0.25, 0.3) is 0 Å². The fraction of sp³-hybridized carbons (Fsp3) is 0.417. The highest BCUT2D eigenvalue weighted by atomic mass is 32.2. The van der Waals surface area contributed by atoms with Crippen LogP contribution in [0.4, 0.5) is 0 Å². The number of hydrogen-bond acceptors (Lipinski definition) is 5. The van der Waals surface area contributed by atoms with Crippen molar-refractivity contribution in [1.82, 2.24) is 19.2 Å². The number of nitrogens with one attached hydrogen (secondary N) is 1. The highest BCUT2D eigenvalue weighted by molar-refractivity contribution is 7.91. The predicted octanol–water partition coefficient (Wildman–Crippen LogP) is 1.15. The minimum absolute atomic E-state index is 0.0338. The van der Waals surface area contributed by atoms with Gasteiger partial charge in [-0.05, 0) is 18.5 Å². The third-order valence-corrected chi connectivity index (χ3v) is 6.77. The van der Waals surface area contributed by atoms with Crippen LogP contribution in [0.1, 0.15) is 11.9 Å². The number of imidazole rings is 1. The molecule has 0 bridgehead atoms. The summed E-state index contributed by atoms with van der Waals surface area (Å²) in [4.78, 5) is 9.45. The van der Waals surface area contributed by atoms with E-state index in [9.17, 15) is 8.42 Å². The lowest BCUT2D eigenvalue weighted by atomic mass is 10.2. The fourth-order valence-electron chi connectivity index (χ4n) is 2.36. The van der Waals surface area contributed by atoms with Gasteiger partial charge in [0.1, 0.15) is 10.0 Å². The molecule has 20 heavy (non-hydrogen) atoms. The Hall–Kier alpha value is -1.22. The summed E-state index contributed by atoms with van der Waals surface area (Å²) in [5.74, 6) is 0.804. The molecule has 1 aliphatic rings. The molecule has 1 atom stereocenters. The summed E-state index contributed by atoms with van der Waals surface area (Å²) in [6.07, 6.45) is 3.45. The van der Waals surface area contributed by atoms with Crippen LogP contribution in [-0.2, 0) is 10.0 Å². The van der Waals surface area contributed by atoms with Crippen LogP contribution in [0.2, 0.25) is 0 Å². The minimum atomic E-state index is -3.38. The Kier molecular flexibility index (Phi) is 3.63. The Morgan fingerprint density at radius 3 is 2.95 bits per heavy atom. The lowest BCUT2D eigenvalue weighted by Crippen LogP contribution is -2.49. The van der Waals surface area contributed by atoms with Crippen LogP contribution in [0.15, 0.2) is 34.1 Å². The van der Waals surface area contributed by atoms with Crippen molar-refractivity contribution in [2.45, 2.75) is 10.3 Å². The van der Waals surface area contributed by atoms with Gasteiger partial charge in [-0.25, -0.2) is 13.4 Å². The first-order valence-electron chi connectivity index (χ1n) is 6.32. The van der Waals surface area contributed by atoms with Crippen LogP contribution >= 0.6 is 11.3 Å². The summed E-state index contributed by atoms with van der Waals surface area (Å²) < 4.78 is 27.1. The van der Waals surface area contributed by atoms with E-state index in [0.717, 1.165) is 5.82 Å². The van der Waals surface area contributed by atoms with Crippen molar-refractivity contribution in [3.8, 4) is 0 Å². The van der Waals surface area contributed by atoms with Crippen molar-refractivity contribution in [3.63, 3.8) is 0 Å². The summed E-state index contributed by atoms with van der Waals surface area (Å²) in [7, 11) is -1.39. The van der Waals surface area contributed by atoms with E-state index in [1.54, 1.807) is 34.2 Å². The minimum Gasteiger partial charge on any atom is -0.347 e. The van der Waals surface area contributed by atoms with Gasteiger partial charge in [-0.3, -0.25) is 4.90 Å². The normalized spacial score (nSPS) is 22.1.